The van der Waals surface area contributed by atoms with E-state index in [0.29, 0.717) is 17.3 Å². The maximum Gasteiger partial charge on any atom is 0.242 e. The van der Waals surface area contributed by atoms with E-state index in [0.717, 1.165) is 23.1 Å². The third-order valence-electron chi connectivity index (χ3n) is 5.08. The second-order valence-corrected chi connectivity index (χ2v) is 8.98. The van der Waals surface area contributed by atoms with E-state index in [2.05, 4.69) is 5.32 Å². The van der Waals surface area contributed by atoms with Gasteiger partial charge in [0.25, 0.3) is 0 Å². The molecule has 0 radical (unpaired) electrons. The summed E-state index contributed by atoms with van der Waals surface area (Å²) in [4.78, 5) is 27.5. The van der Waals surface area contributed by atoms with Crippen molar-refractivity contribution in [1.29, 1.82) is 0 Å². The number of hydrogen-bond donors (Lipinski definition) is 1. The first kappa shape index (κ1) is 24.3. The van der Waals surface area contributed by atoms with Crippen molar-refractivity contribution in [3.63, 3.8) is 0 Å². The van der Waals surface area contributed by atoms with E-state index >= 15 is 0 Å². The van der Waals surface area contributed by atoms with Crippen LogP contribution in [-0.4, -0.2) is 34.6 Å². The third-order valence-corrected chi connectivity index (χ3v) is 6.42. The summed E-state index contributed by atoms with van der Waals surface area (Å²) in [5.74, 6) is 0.760. The summed E-state index contributed by atoms with van der Waals surface area (Å²) in [7, 11) is 0. The minimum atomic E-state index is -0.547. The molecule has 4 nitrogen and oxygen atoms in total. The molecule has 6 heteroatoms. The molecule has 0 bridgehead atoms. The molecule has 2 atom stereocenters. The standard InChI is InChI=1S/C24H31ClN2O2S/c1-5-18(3)26-24(29)19(4)27(14-20-12-10-17(2)11-13-20)23(28)16-30-15-21-8-6-7-9-22(21)25/h6-13,18-19H,5,14-16H2,1-4H3,(H,26,29)/t18-,19+/m1/s1. The second-order valence-electron chi connectivity index (χ2n) is 7.59. The molecule has 0 aromatic heterocycles. The highest BCUT2D eigenvalue weighted by Gasteiger charge is 2.26. The van der Waals surface area contributed by atoms with Crippen molar-refractivity contribution in [2.75, 3.05) is 5.75 Å². The van der Waals surface area contributed by atoms with Crippen LogP contribution in [-0.2, 0) is 21.9 Å². The van der Waals surface area contributed by atoms with Gasteiger partial charge < -0.3 is 10.2 Å². The SMILES string of the molecule is CC[C@@H](C)NC(=O)[C@H](C)N(Cc1ccc(C)cc1)C(=O)CSCc1ccccc1Cl. The number of rotatable bonds is 10. The molecule has 0 saturated heterocycles. The lowest BCUT2D eigenvalue weighted by Gasteiger charge is -2.29. The van der Waals surface area contributed by atoms with Gasteiger partial charge in [-0.2, -0.15) is 0 Å². The molecule has 2 aromatic carbocycles. The Balaban J connectivity index is 2.08. The van der Waals surface area contributed by atoms with Crippen molar-refractivity contribution in [3.05, 3.63) is 70.2 Å². The van der Waals surface area contributed by atoms with E-state index in [-0.39, 0.29) is 23.6 Å². The lowest BCUT2D eigenvalue weighted by atomic mass is 10.1. The van der Waals surface area contributed by atoms with Gasteiger partial charge in [-0.3, -0.25) is 9.59 Å². The largest absolute Gasteiger partial charge is 0.352 e. The number of amides is 2. The number of hydrogen-bond acceptors (Lipinski definition) is 3. The molecule has 0 aliphatic rings. The van der Waals surface area contributed by atoms with Crippen LogP contribution in [0.3, 0.4) is 0 Å². The lowest BCUT2D eigenvalue weighted by Crippen LogP contribution is -2.50. The van der Waals surface area contributed by atoms with Crippen LogP contribution in [0.2, 0.25) is 5.02 Å². The number of benzene rings is 2. The smallest absolute Gasteiger partial charge is 0.242 e. The van der Waals surface area contributed by atoms with Gasteiger partial charge in [-0.1, -0.05) is 66.6 Å². The summed E-state index contributed by atoms with van der Waals surface area (Å²) in [5, 5.41) is 3.70. The number of nitrogens with zero attached hydrogens (tertiary/aromatic N) is 1. The average molecular weight is 447 g/mol. The summed E-state index contributed by atoms with van der Waals surface area (Å²) in [6.07, 6.45) is 0.845. The highest BCUT2D eigenvalue weighted by atomic mass is 35.5. The van der Waals surface area contributed by atoms with Crippen LogP contribution >= 0.6 is 23.4 Å². The Morgan fingerprint density at radius 2 is 1.77 bits per heavy atom. The number of halogens is 1. The molecule has 30 heavy (non-hydrogen) atoms. The van der Waals surface area contributed by atoms with Crippen LogP contribution in [0.1, 0.15) is 43.9 Å². The summed E-state index contributed by atoms with van der Waals surface area (Å²) in [6.45, 7) is 8.22. The van der Waals surface area contributed by atoms with Crippen molar-refractivity contribution < 1.29 is 9.59 Å². The van der Waals surface area contributed by atoms with Crippen molar-refractivity contribution in [2.24, 2.45) is 0 Å². The van der Waals surface area contributed by atoms with Gasteiger partial charge in [0.05, 0.1) is 5.75 Å². The number of aryl methyl sites for hydroxylation is 1. The van der Waals surface area contributed by atoms with E-state index < -0.39 is 6.04 Å². The Morgan fingerprint density at radius 1 is 1.10 bits per heavy atom. The predicted octanol–water partition coefficient (Wildman–Crippen LogP) is 5.21. The summed E-state index contributed by atoms with van der Waals surface area (Å²) in [6, 6.07) is 15.2. The van der Waals surface area contributed by atoms with E-state index in [9.17, 15) is 9.59 Å². The van der Waals surface area contributed by atoms with Crippen LogP contribution in [0.15, 0.2) is 48.5 Å². The highest BCUT2D eigenvalue weighted by Crippen LogP contribution is 2.21. The fourth-order valence-corrected chi connectivity index (χ4v) is 4.08. The molecule has 0 aliphatic carbocycles. The van der Waals surface area contributed by atoms with Crippen molar-refractivity contribution >= 4 is 35.2 Å². The first-order chi connectivity index (χ1) is 14.3. The number of carbonyl (C=O) groups is 2. The molecule has 162 valence electrons. The average Bonchev–Trinajstić information content (AvgIpc) is 2.73. The molecule has 0 heterocycles. The molecule has 1 N–H and O–H groups in total. The van der Waals surface area contributed by atoms with E-state index in [1.54, 1.807) is 11.8 Å². The van der Waals surface area contributed by atoms with E-state index in [1.165, 1.54) is 11.8 Å². The molecule has 2 aromatic rings. The Labute approximate surface area is 189 Å². The van der Waals surface area contributed by atoms with Crippen molar-refractivity contribution in [3.8, 4) is 0 Å². The van der Waals surface area contributed by atoms with E-state index in [1.807, 2.05) is 69.3 Å². The maximum absolute atomic E-state index is 13.1. The van der Waals surface area contributed by atoms with Gasteiger partial charge in [0, 0.05) is 23.4 Å². The van der Waals surface area contributed by atoms with Gasteiger partial charge in [0.15, 0.2) is 0 Å². The van der Waals surface area contributed by atoms with E-state index in [4.69, 9.17) is 11.6 Å². The first-order valence-electron chi connectivity index (χ1n) is 10.3. The van der Waals surface area contributed by atoms with Gasteiger partial charge in [-0.05, 0) is 44.4 Å². The number of thioether (sulfide) groups is 1. The zero-order valence-corrected chi connectivity index (χ0v) is 19.7. The fraction of sp³-hybridized carbons (Fsp3) is 0.417. The minimum absolute atomic E-state index is 0.0561. The zero-order chi connectivity index (χ0) is 22.1. The molecular formula is C24H31ClN2O2S. The van der Waals surface area contributed by atoms with Crippen LogP contribution in [0.4, 0.5) is 0 Å². The predicted molar refractivity (Wildman–Crippen MR) is 127 cm³/mol. The molecule has 2 amide bonds. The molecule has 0 spiro atoms. The van der Waals surface area contributed by atoms with Crippen molar-refractivity contribution in [1.82, 2.24) is 10.2 Å². The molecule has 0 saturated carbocycles. The Hall–Kier alpha value is -1.98. The minimum Gasteiger partial charge on any atom is -0.352 e. The molecule has 2 rings (SSSR count). The monoisotopic (exact) mass is 446 g/mol. The number of carbonyl (C=O) groups excluding carboxylic acids is 2. The fourth-order valence-electron chi connectivity index (χ4n) is 2.88. The highest BCUT2D eigenvalue weighted by molar-refractivity contribution is 7.99. The molecular weight excluding hydrogens is 416 g/mol. The Kier molecular flexibility index (Phi) is 9.73. The lowest BCUT2D eigenvalue weighted by molar-refractivity contribution is -0.138. The summed E-state index contributed by atoms with van der Waals surface area (Å²) < 4.78 is 0. The summed E-state index contributed by atoms with van der Waals surface area (Å²) >= 11 is 7.72. The van der Waals surface area contributed by atoms with Gasteiger partial charge in [-0.25, -0.2) is 0 Å². The number of nitrogens with one attached hydrogen (secondary N) is 1. The summed E-state index contributed by atoms with van der Waals surface area (Å²) in [5.41, 5.74) is 3.17. The van der Waals surface area contributed by atoms with Crippen LogP contribution in [0.5, 0.6) is 0 Å². The van der Waals surface area contributed by atoms with Gasteiger partial charge in [-0.15, -0.1) is 11.8 Å². The quantitative estimate of drug-likeness (QED) is 0.544. The normalized spacial score (nSPS) is 12.8. The van der Waals surface area contributed by atoms with Gasteiger partial charge in [0.2, 0.25) is 11.8 Å². The Bertz CT molecular complexity index is 841. The molecule has 0 aliphatic heterocycles. The third kappa shape index (κ3) is 7.37. The zero-order valence-electron chi connectivity index (χ0n) is 18.2. The van der Waals surface area contributed by atoms with Crippen LogP contribution in [0.25, 0.3) is 0 Å². The van der Waals surface area contributed by atoms with Crippen LogP contribution < -0.4 is 5.32 Å². The molecule has 0 fully saturated rings. The molecule has 0 unspecified atom stereocenters. The Morgan fingerprint density at radius 3 is 2.40 bits per heavy atom. The van der Waals surface area contributed by atoms with Crippen LogP contribution in [0, 0.1) is 6.92 Å². The first-order valence-corrected chi connectivity index (χ1v) is 11.8. The van der Waals surface area contributed by atoms with Gasteiger partial charge in [0.1, 0.15) is 6.04 Å². The maximum atomic E-state index is 13.1. The topological polar surface area (TPSA) is 49.4 Å². The van der Waals surface area contributed by atoms with Crippen molar-refractivity contribution in [2.45, 2.75) is 58.5 Å². The second kappa shape index (κ2) is 12.0. The van der Waals surface area contributed by atoms with Gasteiger partial charge >= 0.3 is 0 Å².